The van der Waals surface area contributed by atoms with Gasteiger partial charge in [-0.15, -0.1) is 0 Å². The third-order valence-electron chi connectivity index (χ3n) is 4.45. The number of esters is 1. The van der Waals surface area contributed by atoms with E-state index >= 15 is 0 Å². The van der Waals surface area contributed by atoms with Gasteiger partial charge in [0.25, 0.3) is 5.91 Å². The zero-order chi connectivity index (χ0) is 21.1. The predicted molar refractivity (Wildman–Crippen MR) is 113 cm³/mol. The minimum absolute atomic E-state index is 0.00507. The lowest BCUT2D eigenvalue weighted by Gasteiger charge is -2.05. The van der Waals surface area contributed by atoms with Gasteiger partial charge in [0.2, 0.25) is 6.79 Å². The van der Waals surface area contributed by atoms with Gasteiger partial charge in [-0.25, -0.2) is 0 Å². The number of carbonyl (C=O) groups excluding carboxylic acids is 2. The Morgan fingerprint density at radius 1 is 1.20 bits per heavy atom. The summed E-state index contributed by atoms with van der Waals surface area (Å²) in [6.45, 7) is 4.24. The molecule has 2 aromatic carbocycles. The normalized spacial score (nSPS) is 13.3. The number of benzene rings is 2. The molecular weight excluding hydrogens is 404 g/mol. The van der Waals surface area contributed by atoms with Crippen LogP contribution in [0.25, 0.3) is 16.3 Å². The Labute approximate surface area is 176 Å². The first-order valence-electron chi connectivity index (χ1n) is 9.45. The van der Waals surface area contributed by atoms with Gasteiger partial charge in [-0.3, -0.25) is 9.59 Å². The van der Waals surface area contributed by atoms with E-state index in [2.05, 4.69) is 4.99 Å². The number of aromatic nitrogens is 1. The molecule has 0 N–H and O–H groups in total. The van der Waals surface area contributed by atoms with Crippen LogP contribution in [0.1, 0.15) is 18.1 Å². The molecule has 1 aliphatic rings. The standard InChI is InChI=1S/C22H20N2O5S/c1-3-27-21(26)12-24-16-7-4-14(2)10-19(16)30-22(24)23-20(25)9-6-15-5-8-17-18(11-15)29-13-28-17/h4-11H,3,12-13H2,1-2H3/b9-6-,23-22?. The number of hydrogen-bond acceptors (Lipinski definition) is 6. The second kappa shape index (κ2) is 8.54. The van der Waals surface area contributed by atoms with E-state index < -0.39 is 5.91 Å². The highest BCUT2D eigenvalue weighted by molar-refractivity contribution is 7.16. The maximum atomic E-state index is 12.5. The van der Waals surface area contributed by atoms with Crippen LogP contribution < -0.4 is 14.3 Å². The first-order chi connectivity index (χ1) is 14.5. The molecule has 0 unspecified atom stereocenters. The summed E-state index contributed by atoms with van der Waals surface area (Å²) in [4.78, 5) is 29.2. The van der Waals surface area contributed by atoms with Crippen molar-refractivity contribution in [2.24, 2.45) is 4.99 Å². The van der Waals surface area contributed by atoms with E-state index in [-0.39, 0.29) is 19.3 Å². The molecule has 0 spiro atoms. The number of nitrogens with zero attached hydrogens (tertiary/aromatic N) is 2. The number of ether oxygens (including phenoxy) is 3. The monoisotopic (exact) mass is 424 g/mol. The van der Waals surface area contributed by atoms with E-state index in [1.54, 1.807) is 29.7 Å². The van der Waals surface area contributed by atoms with E-state index in [0.717, 1.165) is 21.3 Å². The fourth-order valence-corrected chi connectivity index (χ4v) is 4.20. The summed E-state index contributed by atoms with van der Waals surface area (Å²) >= 11 is 1.36. The van der Waals surface area contributed by atoms with Gasteiger partial charge in [0.1, 0.15) is 6.54 Å². The molecule has 154 valence electrons. The van der Waals surface area contributed by atoms with Crippen molar-refractivity contribution >= 4 is 39.5 Å². The summed E-state index contributed by atoms with van der Waals surface area (Å²) in [6.07, 6.45) is 3.06. The van der Waals surface area contributed by atoms with Crippen LogP contribution in [0.2, 0.25) is 0 Å². The third kappa shape index (κ3) is 4.28. The molecular formula is C22H20N2O5S. The molecule has 0 aliphatic carbocycles. The first-order valence-corrected chi connectivity index (χ1v) is 10.3. The van der Waals surface area contributed by atoms with Crippen molar-refractivity contribution in [1.82, 2.24) is 4.57 Å². The van der Waals surface area contributed by atoms with Gasteiger partial charge in [-0.1, -0.05) is 23.5 Å². The highest BCUT2D eigenvalue weighted by Crippen LogP contribution is 2.32. The van der Waals surface area contributed by atoms with E-state index in [0.29, 0.717) is 22.9 Å². The van der Waals surface area contributed by atoms with Crippen molar-refractivity contribution in [3.63, 3.8) is 0 Å². The van der Waals surface area contributed by atoms with Gasteiger partial charge in [-0.2, -0.15) is 4.99 Å². The molecule has 0 saturated carbocycles. The molecule has 0 saturated heterocycles. The number of thiazole rings is 1. The minimum atomic E-state index is -0.423. The zero-order valence-electron chi connectivity index (χ0n) is 16.6. The van der Waals surface area contributed by atoms with Crippen molar-refractivity contribution in [1.29, 1.82) is 0 Å². The topological polar surface area (TPSA) is 79.1 Å². The number of hydrogen-bond donors (Lipinski definition) is 0. The summed E-state index contributed by atoms with van der Waals surface area (Å²) in [5, 5.41) is 0. The second-order valence-electron chi connectivity index (χ2n) is 6.64. The molecule has 7 nitrogen and oxygen atoms in total. The molecule has 2 heterocycles. The van der Waals surface area contributed by atoms with E-state index in [4.69, 9.17) is 14.2 Å². The summed E-state index contributed by atoms with van der Waals surface area (Å²) in [7, 11) is 0. The molecule has 1 amide bonds. The van der Waals surface area contributed by atoms with Gasteiger partial charge in [0.05, 0.1) is 16.8 Å². The van der Waals surface area contributed by atoms with Crippen LogP contribution in [0.5, 0.6) is 11.5 Å². The van der Waals surface area contributed by atoms with Crippen LogP contribution in [-0.2, 0) is 20.9 Å². The van der Waals surface area contributed by atoms with Crippen molar-refractivity contribution < 1.29 is 23.8 Å². The van der Waals surface area contributed by atoms with Crippen LogP contribution in [0.15, 0.2) is 47.5 Å². The number of aryl methyl sites for hydroxylation is 1. The van der Waals surface area contributed by atoms with Crippen LogP contribution in [-0.4, -0.2) is 29.8 Å². The number of fused-ring (bicyclic) bond motifs is 2. The van der Waals surface area contributed by atoms with E-state index in [1.165, 1.54) is 17.4 Å². The predicted octanol–water partition coefficient (Wildman–Crippen LogP) is 3.44. The fraction of sp³-hybridized carbons (Fsp3) is 0.227. The van der Waals surface area contributed by atoms with Crippen molar-refractivity contribution in [2.45, 2.75) is 20.4 Å². The SMILES string of the molecule is CCOC(=O)Cn1c(=NC(=O)/C=C\c2ccc3c(c2)OCO3)sc2cc(C)ccc21. The van der Waals surface area contributed by atoms with Gasteiger partial charge in [-0.05, 0) is 55.3 Å². The molecule has 0 atom stereocenters. The summed E-state index contributed by atoms with van der Waals surface area (Å²) in [5.74, 6) is 0.536. The van der Waals surface area contributed by atoms with E-state index in [9.17, 15) is 9.59 Å². The van der Waals surface area contributed by atoms with Crippen LogP contribution in [0.3, 0.4) is 0 Å². The highest BCUT2D eigenvalue weighted by Gasteiger charge is 2.13. The quantitative estimate of drug-likeness (QED) is 0.463. The largest absolute Gasteiger partial charge is 0.465 e. The first kappa shape index (κ1) is 19.9. The molecule has 0 radical (unpaired) electrons. The Balaban J connectivity index is 1.65. The fourth-order valence-electron chi connectivity index (χ4n) is 3.07. The Morgan fingerprint density at radius 3 is 2.87 bits per heavy atom. The second-order valence-corrected chi connectivity index (χ2v) is 7.65. The Morgan fingerprint density at radius 2 is 2.03 bits per heavy atom. The Kier molecular flexibility index (Phi) is 5.67. The van der Waals surface area contributed by atoms with Gasteiger partial charge in [0.15, 0.2) is 16.3 Å². The lowest BCUT2D eigenvalue weighted by atomic mass is 10.2. The van der Waals surface area contributed by atoms with Crippen LogP contribution >= 0.6 is 11.3 Å². The minimum Gasteiger partial charge on any atom is -0.465 e. The van der Waals surface area contributed by atoms with Crippen molar-refractivity contribution in [3.8, 4) is 11.5 Å². The van der Waals surface area contributed by atoms with Crippen molar-refractivity contribution in [3.05, 3.63) is 58.4 Å². The smallest absolute Gasteiger partial charge is 0.326 e. The summed E-state index contributed by atoms with van der Waals surface area (Å²) in [6, 6.07) is 11.3. The average Bonchev–Trinajstić information content (AvgIpc) is 3.30. The highest BCUT2D eigenvalue weighted by atomic mass is 32.1. The Hall–Kier alpha value is -3.39. The lowest BCUT2D eigenvalue weighted by molar-refractivity contribution is -0.143. The van der Waals surface area contributed by atoms with Gasteiger partial charge in [0, 0.05) is 6.08 Å². The van der Waals surface area contributed by atoms with Gasteiger partial charge >= 0.3 is 5.97 Å². The molecule has 1 aliphatic heterocycles. The zero-order valence-corrected chi connectivity index (χ0v) is 17.4. The third-order valence-corrected chi connectivity index (χ3v) is 5.49. The maximum Gasteiger partial charge on any atom is 0.326 e. The van der Waals surface area contributed by atoms with Crippen molar-refractivity contribution in [2.75, 3.05) is 13.4 Å². The molecule has 3 aromatic rings. The van der Waals surface area contributed by atoms with Gasteiger partial charge < -0.3 is 18.8 Å². The molecule has 8 heteroatoms. The molecule has 30 heavy (non-hydrogen) atoms. The maximum absolute atomic E-state index is 12.5. The summed E-state index contributed by atoms with van der Waals surface area (Å²) in [5.41, 5.74) is 2.73. The van der Waals surface area contributed by atoms with E-state index in [1.807, 2.05) is 31.2 Å². The number of rotatable bonds is 5. The number of amides is 1. The molecule has 0 bridgehead atoms. The number of carbonyl (C=O) groups is 2. The molecule has 0 fully saturated rings. The molecule has 4 rings (SSSR count). The van der Waals surface area contributed by atoms with Crippen LogP contribution in [0.4, 0.5) is 0 Å². The Bertz CT molecular complexity index is 1220. The molecule has 1 aromatic heterocycles. The summed E-state index contributed by atoms with van der Waals surface area (Å²) < 4.78 is 18.4. The average molecular weight is 424 g/mol. The lowest BCUT2D eigenvalue weighted by Crippen LogP contribution is -2.22. The van der Waals surface area contributed by atoms with Crippen LogP contribution in [0, 0.1) is 6.92 Å².